The molecule has 1 aromatic rings. The van der Waals surface area contributed by atoms with Crippen molar-refractivity contribution in [3.8, 4) is 0 Å². The number of hydrogen-bond acceptors (Lipinski definition) is 3. The fraction of sp³-hybridized carbons (Fsp3) is 0.788. The molecule has 0 saturated heterocycles. The van der Waals surface area contributed by atoms with Crippen molar-refractivity contribution < 1.29 is 9.84 Å². The minimum Gasteiger partial charge on any atom is -0.390 e. The third-order valence-corrected chi connectivity index (χ3v) is 11.5. The Morgan fingerprint density at radius 3 is 2.69 bits per heavy atom. The largest absolute Gasteiger partial charge is 0.390 e. The average molecular weight is 494 g/mol. The molecule has 3 saturated carbocycles. The summed E-state index contributed by atoms with van der Waals surface area (Å²) < 4.78 is 6.36. The Hall–Kier alpha value is -1.19. The van der Waals surface area contributed by atoms with Crippen LogP contribution in [0.3, 0.4) is 0 Å². The molecule has 200 valence electrons. The van der Waals surface area contributed by atoms with E-state index in [-0.39, 0.29) is 0 Å². The molecule has 0 bridgehead atoms. The highest BCUT2D eigenvalue weighted by Crippen LogP contribution is 2.67. The highest BCUT2D eigenvalue weighted by Gasteiger charge is 2.59. The van der Waals surface area contributed by atoms with Gasteiger partial charge in [0.2, 0.25) is 0 Å². The lowest BCUT2D eigenvalue weighted by Crippen LogP contribution is -2.51. The van der Waals surface area contributed by atoms with E-state index in [2.05, 4.69) is 44.0 Å². The maximum atomic E-state index is 10.2. The van der Waals surface area contributed by atoms with Crippen LogP contribution in [0.1, 0.15) is 111 Å². The number of fused-ring (bicyclic) bond motifs is 5. The van der Waals surface area contributed by atoms with E-state index in [1.807, 2.05) is 26.1 Å². The van der Waals surface area contributed by atoms with Crippen LogP contribution in [0.25, 0.3) is 0 Å². The van der Waals surface area contributed by atoms with Crippen LogP contribution in [0.2, 0.25) is 0 Å². The van der Waals surface area contributed by atoms with Crippen molar-refractivity contribution >= 4 is 0 Å². The van der Waals surface area contributed by atoms with Gasteiger partial charge in [-0.3, -0.25) is 4.98 Å². The van der Waals surface area contributed by atoms with Crippen LogP contribution in [-0.4, -0.2) is 21.8 Å². The molecule has 0 amide bonds. The number of pyridine rings is 1. The molecule has 0 aliphatic heterocycles. The number of aliphatic hydroxyl groups is 1. The second kappa shape index (κ2) is 10.2. The first-order valence-corrected chi connectivity index (χ1v) is 15.0. The van der Waals surface area contributed by atoms with Crippen LogP contribution in [0.5, 0.6) is 0 Å². The molecule has 3 nitrogen and oxygen atoms in total. The number of aromatic nitrogens is 1. The molecule has 2 unspecified atom stereocenters. The van der Waals surface area contributed by atoms with Gasteiger partial charge in [-0.1, -0.05) is 51.3 Å². The first kappa shape index (κ1) is 26.4. The summed E-state index contributed by atoms with van der Waals surface area (Å²) in [6.07, 6.45) is 18.8. The predicted molar refractivity (Wildman–Crippen MR) is 147 cm³/mol. The molecule has 3 fully saturated rings. The molecule has 4 aliphatic rings. The Morgan fingerprint density at radius 2 is 1.94 bits per heavy atom. The maximum absolute atomic E-state index is 10.2. The fourth-order valence-electron chi connectivity index (χ4n) is 9.49. The van der Waals surface area contributed by atoms with Crippen LogP contribution in [0, 0.1) is 40.4 Å². The van der Waals surface area contributed by atoms with Gasteiger partial charge < -0.3 is 9.84 Å². The van der Waals surface area contributed by atoms with Gasteiger partial charge in [-0.15, -0.1) is 0 Å². The van der Waals surface area contributed by atoms with Gasteiger partial charge in [0.15, 0.2) is 0 Å². The van der Waals surface area contributed by atoms with E-state index in [1.165, 1.54) is 51.4 Å². The second-order valence-electron chi connectivity index (χ2n) is 14.2. The summed E-state index contributed by atoms with van der Waals surface area (Å²) >= 11 is 0. The number of ether oxygens (including phenoxy) is 1. The lowest BCUT2D eigenvalue weighted by molar-refractivity contribution is -0.0660. The fourth-order valence-corrected chi connectivity index (χ4v) is 9.49. The summed E-state index contributed by atoms with van der Waals surface area (Å²) in [7, 11) is 0. The van der Waals surface area contributed by atoms with E-state index < -0.39 is 5.60 Å². The van der Waals surface area contributed by atoms with Gasteiger partial charge in [0, 0.05) is 6.20 Å². The van der Waals surface area contributed by atoms with Crippen molar-refractivity contribution in [2.45, 2.75) is 124 Å². The van der Waals surface area contributed by atoms with E-state index in [9.17, 15) is 5.11 Å². The van der Waals surface area contributed by atoms with E-state index in [1.54, 1.807) is 5.57 Å². The zero-order chi connectivity index (χ0) is 25.6. The smallest absolute Gasteiger partial charge is 0.0891 e. The van der Waals surface area contributed by atoms with E-state index in [0.717, 1.165) is 54.5 Å². The van der Waals surface area contributed by atoms with E-state index in [0.29, 0.717) is 23.5 Å². The Morgan fingerprint density at radius 1 is 1.11 bits per heavy atom. The predicted octanol–water partition coefficient (Wildman–Crippen LogP) is 8.12. The molecule has 0 aromatic carbocycles. The minimum absolute atomic E-state index is 0.345. The second-order valence-corrected chi connectivity index (χ2v) is 14.2. The summed E-state index contributed by atoms with van der Waals surface area (Å²) in [5, 5.41) is 10.2. The van der Waals surface area contributed by atoms with Crippen LogP contribution in [0.15, 0.2) is 36.0 Å². The summed E-state index contributed by atoms with van der Waals surface area (Å²) in [4.78, 5) is 4.44. The van der Waals surface area contributed by atoms with Crippen molar-refractivity contribution in [3.63, 3.8) is 0 Å². The molecule has 1 aromatic heterocycles. The van der Waals surface area contributed by atoms with Crippen LogP contribution in [-0.2, 0) is 11.3 Å². The Kier molecular flexibility index (Phi) is 7.47. The molecule has 3 heteroatoms. The first-order valence-electron chi connectivity index (χ1n) is 15.0. The van der Waals surface area contributed by atoms with Crippen molar-refractivity contribution in [1.82, 2.24) is 4.98 Å². The zero-order valence-corrected chi connectivity index (χ0v) is 23.6. The van der Waals surface area contributed by atoms with Crippen molar-refractivity contribution in [2.75, 3.05) is 0 Å². The molecule has 1 heterocycles. The quantitative estimate of drug-likeness (QED) is 0.372. The summed E-state index contributed by atoms with van der Waals surface area (Å²) in [6, 6.07) is 6.09. The number of hydrogen-bond donors (Lipinski definition) is 1. The topological polar surface area (TPSA) is 42.4 Å². The molecular weight excluding hydrogens is 442 g/mol. The minimum atomic E-state index is -0.524. The standard InChI is InChI=1S/C33H51NO2/c1-23(9-8-17-31(2,3)35)28-13-14-29-27-12-11-24-21-26(36-22-25-10-6-7-20-34-25)15-18-32(24,4)30(27)16-19-33(28,29)5/h6-7,10-11,20,23,26-30,35H,8-9,12-19,21-22H2,1-5H3/t23-,26+,27+,28-,29?,30?,32+,33-/m1/s1. The Labute approximate surface area is 220 Å². The Balaban J connectivity index is 1.23. The van der Waals surface area contributed by atoms with Gasteiger partial charge in [-0.2, -0.15) is 0 Å². The van der Waals surface area contributed by atoms with Crippen LogP contribution in [0.4, 0.5) is 0 Å². The number of rotatable bonds is 8. The Bertz CT molecular complexity index is 919. The summed E-state index contributed by atoms with van der Waals surface area (Å²) in [5.41, 5.74) is 3.12. The van der Waals surface area contributed by atoms with Gasteiger partial charge in [0.1, 0.15) is 0 Å². The number of allylic oxidation sites excluding steroid dienone is 1. The molecule has 1 N–H and O–H groups in total. The van der Waals surface area contributed by atoms with E-state index >= 15 is 0 Å². The normalized spacial score (nSPS) is 39.1. The van der Waals surface area contributed by atoms with Crippen molar-refractivity contribution in [3.05, 3.63) is 41.7 Å². The highest BCUT2D eigenvalue weighted by molar-refractivity contribution is 5.25. The SMILES string of the molecule is C[C@H](CCCC(C)(C)O)[C@H]1CCC2[C@@H]3CC=C4C[C@@H](OCc5ccccn5)CC[C@]4(C)C3CC[C@@]21C. The monoisotopic (exact) mass is 493 g/mol. The van der Waals surface area contributed by atoms with Gasteiger partial charge in [-0.25, -0.2) is 0 Å². The molecule has 36 heavy (non-hydrogen) atoms. The molecule has 4 aliphatic carbocycles. The highest BCUT2D eigenvalue weighted by atomic mass is 16.5. The van der Waals surface area contributed by atoms with Crippen molar-refractivity contribution in [2.24, 2.45) is 40.4 Å². The van der Waals surface area contributed by atoms with Gasteiger partial charge >= 0.3 is 0 Å². The molecule has 0 spiro atoms. The first-order chi connectivity index (χ1) is 17.1. The van der Waals surface area contributed by atoms with Gasteiger partial charge in [0.05, 0.1) is 24.0 Å². The lowest BCUT2D eigenvalue weighted by atomic mass is 9.47. The van der Waals surface area contributed by atoms with Crippen molar-refractivity contribution in [1.29, 1.82) is 0 Å². The molecule has 0 radical (unpaired) electrons. The van der Waals surface area contributed by atoms with Gasteiger partial charge in [0.25, 0.3) is 0 Å². The molecule has 8 atom stereocenters. The number of nitrogens with zero attached hydrogens (tertiary/aromatic N) is 1. The zero-order valence-electron chi connectivity index (χ0n) is 23.6. The van der Waals surface area contributed by atoms with Crippen LogP contribution < -0.4 is 0 Å². The summed E-state index contributed by atoms with van der Waals surface area (Å²) in [6.45, 7) is 12.3. The molecular formula is C33H51NO2. The third-order valence-electron chi connectivity index (χ3n) is 11.5. The maximum Gasteiger partial charge on any atom is 0.0891 e. The van der Waals surface area contributed by atoms with E-state index in [4.69, 9.17) is 4.74 Å². The lowest BCUT2D eigenvalue weighted by Gasteiger charge is -2.58. The molecule has 5 rings (SSSR count). The van der Waals surface area contributed by atoms with Crippen LogP contribution >= 0.6 is 0 Å². The third kappa shape index (κ3) is 5.08. The summed E-state index contributed by atoms with van der Waals surface area (Å²) in [5.74, 6) is 4.26. The average Bonchev–Trinajstić information content (AvgIpc) is 3.20. The van der Waals surface area contributed by atoms with Gasteiger partial charge in [-0.05, 0) is 124 Å².